The molecule has 0 aromatic heterocycles. The first kappa shape index (κ1) is 21.0. The number of ether oxygens (including phenoxy) is 2. The molecule has 1 fully saturated rings. The van der Waals surface area contributed by atoms with Gasteiger partial charge in [-0.1, -0.05) is 40.0 Å². The maximum absolute atomic E-state index is 12.5. The maximum Gasteiger partial charge on any atom is 0.312 e. The van der Waals surface area contributed by atoms with Gasteiger partial charge < -0.3 is 9.47 Å². The molecule has 3 unspecified atom stereocenters. The average molecular weight is 341 g/mol. The van der Waals surface area contributed by atoms with E-state index in [2.05, 4.69) is 0 Å². The summed E-state index contributed by atoms with van der Waals surface area (Å²) in [7, 11) is 0. The molecule has 0 aromatic rings. The van der Waals surface area contributed by atoms with Gasteiger partial charge in [-0.25, -0.2) is 0 Å². The third kappa shape index (κ3) is 6.45. The molecule has 0 bridgehead atoms. The lowest BCUT2D eigenvalue weighted by Crippen LogP contribution is -2.35. The standard InChI is InChI=1S/C20H36O4/c1-14(2)16(4)23-18(21)11-10-15(3)17(5)24-19(22)20(6)12-8-7-9-13-20/h14-17H,7-13H2,1-6H3. The molecule has 0 heterocycles. The second kappa shape index (κ2) is 9.43. The Bertz CT molecular complexity index is 410. The van der Waals surface area contributed by atoms with Crippen LogP contribution in [-0.4, -0.2) is 24.1 Å². The molecule has 3 atom stereocenters. The largest absolute Gasteiger partial charge is 0.462 e. The lowest BCUT2D eigenvalue weighted by atomic mass is 9.76. The number of hydrogen-bond acceptors (Lipinski definition) is 4. The van der Waals surface area contributed by atoms with E-state index in [-0.39, 0.29) is 35.5 Å². The van der Waals surface area contributed by atoms with Gasteiger partial charge in [0.15, 0.2) is 0 Å². The van der Waals surface area contributed by atoms with Crippen LogP contribution < -0.4 is 0 Å². The molecular formula is C20H36O4. The molecule has 0 aromatic carbocycles. The van der Waals surface area contributed by atoms with Crippen molar-refractivity contribution < 1.29 is 19.1 Å². The second-order valence-corrected chi connectivity index (χ2v) is 8.19. The maximum atomic E-state index is 12.5. The number of hydrogen-bond donors (Lipinski definition) is 0. The van der Waals surface area contributed by atoms with E-state index < -0.39 is 0 Å². The van der Waals surface area contributed by atoms with E-state index in [0.29, 0.717) is 18.8 Å². The van der Waals surface area contributed by atoms with Crippen LogP contribution in [0.25, 0.3) is 0 Å². The van der Waals surface area contributed by atoms with E-state index >= 15 is 0 Å². The number of rotatable bonds is 8. The van der Waals surface area contributed by atoms with Crippen LogP contribution >= 0.6 is 0 Å². The van der Waals surface area contributed by atoms with Crippen LogP contribution in [0, 0.1) is 17.3 Å². The smallest absolute Gasteiger partial charge is 0.312 e. The average Bonchev–Trinajstić information content (AvgIpc) is 2.52. The van der Waals surface area contributed by atoms with Crippen molar-refractivity contribution in [1.29, 1.82) is 0 Å². The van der Waals surface area contributed by atoms with E-state index in [1.807, 2.05) is 41.5 Å². The van der Waals surface area contributed by atoms with Gasteiger partial charge >= 0.3 is 11.9 Å². The normalized spacial score (nSPS) is 21.0. The zero-order valence-corrected chi connectivity index (χ0v) is 16.4. The molecule has 1 aliphatic carbocycles. The molecule has 24 heavy (non-hydrogen) atoms. The molecule has 1 aliphatic rings. The van der Waals surface area contributed by atoms with E-state index in [1.54, 1.807) is 0 Å². The van der Waals surface area contributed by atoms with Gasteiger partial charge in [0, 0.05) is 6.42 Å². The fourth-order valence-electron chi connectivity index (χ4n) is 2.95. The van der Waals surface area contributed by atoms with Crippen molar-refractivity contribution in [2.45, 2.75) is 98.7 Å². The van der Waals surface area contributed by atoms with Crippen LogP contribution in [0.3, 0.4) is 0 Å². The van der Waals surface area contributed by atoms with Gasteiger partial charge in [-0.15, -0.1) is 0 Å². The molecule has 0 spiro atoms. The van der Waals surface area contributed by atoms with Crippen molar-refractivity contribution in [2.75, 3.05) is 0 Å². The first-order valence-corrected chi connectivity index (χ1v) is 9.56. The molecule has 0 radical (unpaired) electrons. The van der Waals surface area contributed by atoms with Gasteiger partial charge in [0.2, 0.25) is 0 Å². The third-order valence-corrected chi connectivity index (χ3v) is 5.60. The topological polar surface area (TPSA) is 52.6 Å². The molecule has 0 amide bonds. The molecule has 140 valence electrons. The number of carbonyl (C=O) groups is 2. The first-order chi connectivity index (χ1) is 11.2. The lowest BCUT2D eigenvalue weighted by molar-refractivity contribution is -0.164. The van der Waals surface area contributed by atoms with Gasteiger partial charge in [-0.05, 0) is 51.9 Å². The monoisotopic (exact) mass is 340 g/mol. The van der Waals surface area contributed by atoms with Crippen LogP contribution in [0.2, 0.25) is 0 Å². The summed E-state index contributed by atoms with van der Waals surface area (Å²) in [6.07, 6.45) is 6.09. The summed E-state index contributed by atoms with van der Waals surface area (Å²) in [5.41, 5.74) is -0.322. The first-order valence-electron chi connectivity index (χ1n) is 9.56. The molecular weight excluding hydrogens is 304 g/mol. The molecule has 4 heteroatoms. The highest BCUT2D eigenvalue weighted by Gasteiger charge is 2.37. The van der Waals surface area contributed by atoms with E-state index in [0.717, 1.165) is 25.7 Å². The summed E-state index contributed by atoms with van der Waals surface area (Å²) in [6.45, 7) is 12.0. The predicted octanol–water partition coefficient (Wildman–Crippen LogP) is 4.89. The van der Waals surface area contributed by atoms with Crippen LogP contribution in [0.4, 0.5) is 0 Å². The number of carbonyl (C=O) groups excluding carboxylic acids is 2. The fourth-order valence-corrected chi connectivity index (χ4v) is 2.95. The summed E-state index contributed by atoms with van der Waals surface area (Å²) >= 11 is 0. The SMILES string of the molecule is CC(C)C(C)OC(=O)CCC(C)C(C)OC(=O)C1(C)CCCCC1. The Morgan fingerprint density at radius 2 is 1.50 bits per heavy atom. The van der Waals surface area contributed by atoms with Crippen molar-refractivity contribution in [3.8, 4) is 0 Å². The van der Waals surface area contributed by atoms with Crippen molar-refractivity contribution in [1.82, 2.24) is 0 Å². The van der Waals surface area contributed by atoms with Crippen molar-refractivity contribution in [2.24, 2.45) is 17.3 Å². The minimum Gasteiger partial charge on any atom is -0.462 e. The summed E-state index contributed by atoms with van der Waals surface area (Å²) in [5, 5.41) is 0. The highest BCUT2D eigenvalue weighted by Crippen LogP contribution is 2.37. The minimum atomic E-state index is -0.322. The van der Waals surface area contributed by atoms with Gasteiger partial charge in [0.25, 0.3) is 0 Å². The van der Waals surface area contributed by atoms with Crippen molar-refractivity contribution in [3.63, 3.8) is 0 Å². The van der Waals surface area contributed by atoms with Gasteiger partial charge in [0.05, 0.1) is 5.41 Å². The highest BCUT2D eigenvalue weighted by atomic mass is 16.5. The summed E-state index contributed by atoms with van der Waals surface area (Å²) in [6, 6.07) is 0. The van der Waals surface area contributed by atoms with E-state index in [9.17, 15) is 9.59 Å². The zero-order valence-electron chi connectivity index (χ0n) is 16.4. The second-order valence-electron chi connectivity index (χ2n) is 8.19. The quantitative estimate of drug-likeness (QED) is 0.590. The molecule has 0 saturated heterocycles. The molecule has 1 rings (SSSR count). The zero-order chi connectivity index (χ0) is 18.3. The van der Waals surface area contributed by atoms with E-state index in [1.165, 1.54) is 6.42 Å². The van der Waals surface area contributed by atoms with Gasteiger partial charge in [-0.3, -0.25) is 9.59 Å². The molecule has 1 saturated carbocycles. The summed E-state index contributed by atoms with van der Waals surface area (Å²) in [4.78, 5) is 24.4. The van der Waals surface area contributed by atoms with Crippen molar-refractivity contribution in [3.05, 3.63) is 0 Å². The molecule has 4 nitrogen and oxygen atoms in total. The third-order valence-electron chi connectivity index (χ3n) is 5.60. The van der Waals surface area contributed by atoms with Crippen molar-refractivity contribution >= 4 is 11.9 Å². The Kier molecular flexibility index (Phi) is 8.24. The summed E-state index contributed by atoms with van der Waals surface area (Å²) in [5.74, 6) is 0.226. The lowest BCUT2D eigenvalue weighted by Gasteiger charge is -2.33. The number of esters is 2. The molecule has 0 N–H and O–H groups in total. The van der Waals surface area contributed by atoms with Crippen LogP contribution in [0.15, 0.2) is 0 Å². The Morgan fingerprint density at radius 1 is 0.917 bits per heavy atom. The Labute approximate surface area is 147 Å². The van der Waals surface area contributed by atoms with Gasteiger partial charge in [-0.2, -0.15) is 0 Å². The van der Waals surface area contributed by atoms with E-state index in [4.69, 9.17) is 9.47 Å². The van der Waals surface area contributed by atoms with Gasteiger partial charge in [0.1, 0.15) is 12.2 Å². The Balaban J connectivity index is 2.37. The highest BCUT2D eigenvalue weighted by molar-refractivity contribution is 5.76. The summed E-state index contributed by atoms with van der Waals surface area (Å²) < 4.78 is 11.1. The Morgan fingerprint density at radius 3 is 2.04 bits per heavy atom. The predicted molar refractivity (Wildman–Crippen MR) is 95.5 cm³/mol. The Hall–Kier alpha value is -1.06. The minimum absolute atomic E-state index is 0.0608. The van der Waals surface area contributed by atoms with Crippen LogP contribution in [-0.2, 0) is 19.1 Å². The fraction of sp³-hybridized carbons (Fsp3) is 0.900. The van der Waals surface area contributed by atoms with Crippen LogP contribution in [0.5, 0.6) is 0 Å². The molecule has 0 aliphatic heterocycles. The van der Waals surface area contributed by atoms with Crippen LogP contribution in [0.1, 0.15) is 86.5 Å².